The Balaban J connectivity index is 1.73. The van der Waals surface area contributed by atoms with E-state index in [2.05, 4.69) is 0 Å². The maximum absolute atomic E-state index is 13.1. The first-order valence-corrected chi connectivity index (χ1v) is 11.3. The lowest BCUT2D eigenvalue weighted by Gasteiger charge is -2.25. The van der Waals surface area contributed by atoms with Gasteiger partial charge < -0.3 is 9.32 Å². The van der Waals surface area contributed by atoms with Gasteiger partial charge in [-0.3, -0.25) is 9.69 Å². The van der Waals surface area contributed by atoms with E-state index < -0.39 is 15.6 Å². The molecule has 1 aromatic heterocycles. The van der Waals surface area contributed by atoms with Gasteiger partial charge in [-0.25, -0.2) is 13.2 Å². The summed E-state index contributed by atoms with van der Waals surface area (Å²) in [6, 6.07) is 7.34. The zero-order chi connectivity index (χ0) is 21.0. The van der Waals surface area contributed by atoms with Crippen LogP contribution in [0.4, 0.5) is 0 Å². The Bertz CT molecular complexity index is 1030. The van der Waals surface area contributed by atoms with E-state index in [0.29, 0.717) is 63.2 Å². The molecular weight excluding hydrogens is 394 g/mol. The monoisotopic (exact) mass is 421 g/mol. The van der Waals surface area contributed by atoms with Crippen LogP contribution in [0.2, 0.25) is 0 Å². The zero-order valence-electron chi connectivity index (χ0n) is 16.8. The second kappa shape index (κ2) is 9.06. The van der Waals surface area contributed by atoms with E-state index in [1.165, 1.54) is 28.6 Å². The van der Waals surface area contributed by atoms with E-state index in [4.69, 9.17) is 4.42 Å². The predicted octanol–water partition coefficient (Wildman–Crippen LogP) is 1.36. The van der Waals surface area contributed by atoms with Gasteiger partial charge >= 0.3 is 5.63 Å². The van der Waals surface area contributed by atoms with Gasteiger partial charge in [-0.2, -0.15) is 4.31 Å². The van der Waals surface area contributed by atoms with Crippen molar-refractivity contribution in [3.63, 3.8) is 0 Å². The summed E-state index contributed by atoms with van der Waals surface area (Å²) in [5.41, 5.74) is -0.117. The fraction of sp³-hybridized carbons (Fsp3) is 0.500. The number of likely N-dealkylation sites (N-methyl/N-ethyl adjacent to an activating group) is 1. The summed E-state index contributed by atoms with van der Waals surface area (Å²) in [4.78, 5) is 27.6. The molecule has 0 N–H and O–H groups in total. The summed E-state index contributed by atoms with van der Waals surface area (Å²) >= 11 is 0. The van der Waals surface area contributed by atoms with Gasteiger partial charge in [-0.05, 0) is 51.1 Å². The van der Waals surface area contributed by atoms with Crippen LogP contribution in [0, 0.1) is 0 Å². The third-order valence-corrected chi connectivity index (χ3v) is 7.15. The molecule has 0 aliphatic carbocycles. The highest BCUT2D eigenvalue weighted by Crippen LogP contribution is 2.22. The molecule has 2 aromatic rings. The summed E-state index contributed by atoms with van der Waals surface area (Å²) in [7, 11) is -3.67. The third kappa shape index (κ3) is 4.85. The molecule has 0 saturated carbocycles. The highest BCUT2D eigenvalue weighted by atomic mass is 32.2. The van der Waals surface area contributed by atoms with Crippen LogP contribution in [-0.2, 0) is 14.8 Å². The van der Waals surface area contributed by atoms with Gasteiger partial charge in [0.15, 0.2) is 0 Å². The van der Waals surface area contributed by atoms with Gasteiger partial charge in [-0.15, -0.1) is 0 Å². The number of carbonyl (C=O) groups is 1. The van der Waals surface area contributed by atoms with Crippen LogP contribution < -0.4 is 5.63 Å². The molecule has 0 bridgehead atoms. The number of sulfonamides is 1. The van der Waals surface area contributed by atoms with Crippen molar-refractivity contribution in [2.45, 2.75) is 25.2 Å². The molecule has 29 heavy (non-hydrogen) atoms. The van der Waals surface area contributed by atoms with E-state index in [9.17, 15) is 18.0 Å². The lowest BCUT2D eigenvalue weighted by atomic mass is 10.2. The van der Waals surface area contributed by atoms with Crippen LogP contribution in [0.25, 0.3) is 11.0 Å². The lowest BCUT2D eigenvalue weighted by Crippen LogP contribution is -2.42. The first-order chi connectivity index (χ1) is 13.8. The maximum atomic E-state index is 13.1. The molecule has 2 heterocycles. The van der Waals surface area contributed by atoms with Gasteiger partial charge in [0.05, 0.1) is 11.4 Å². The third-order valence-electron chi connectivity index (χ3n) is 5.25. The van der Waals surface area contributed by atoms with Crippen molar-refractivity contribution in [2.75, 3.05) is 45.8 Å². The number of hydrogen-bond acceptors (Lipinski definition) is 6. The number of carbonyl (C=O) groups excluding carboxylic acids is 1. The average molecular weight is 422 g/mol. The van der Waals surface area contributed by atoms with E-state index in [-0.39, 0.29) is 10.8 Å². The number of amides is 1. The van der Waals surface area contributed by atoms with Crippen LogP contribution in [0.5, 0.6) is 0 Å². The second-order valence-electron chi connectivity index (χ2n) is 7.05. The highest BCUT2D eigenvalue weighted by molar-refractivity contribution is 7.89. The van der Waals surface area contributed by atoms with Crippen molar-refractivity contribution >= 4 is 26.9 Å². The van der Waals surface area contributed by atoms with Crippen LogP contribution in [0.15, 0.2) is 44.4 Å². The Morgan fingerprint density at radius 3 is 2.55 bits per heavy atom. The Labute approximate surface area is 170 Å². The molecule has 158 valence electrons. The van der Waals surface area contributed by atoms with Gasteiger partial charge in [-0.1, -0.05) is 0 Å². The molecule has 0 atom stereocenters. The first kappa shape index (κ1) is 21.5. The molecule has 8 nitrogen and oxygen atoms in total. The summed E-state index contributed by atoms with van der Waals surface area (Å²) in [5.74, 6) is 0.0716. The molecule has 1 aliphatic heterocycles. The molecule has 1 saturated heterocycles. The standard InChI is InChI=1S/C20H27N3O5S/c1-3-22(4-2)19(24)15-21-10-5-11-23(13-12-21)29(26,27)17-7-8-18-16(14-17)6-9-20(25)28-18/h6-9,14H,3-5,10-13,15H2,1-2H3. The number of fused-ring (bicyclic) bond motifs is 1. The van der Waals surface area contributed by atoms with Crippen molar-refractivity contribution in [1.82, 2.24) is 14.1 Å². The molecule has 9 heteroatoms. The van der Waals surface area contributed by atoms with Crippen LogP contribution in [0.3, 0.4) is 0 Å². The van der Waals surface area contributed by atoms with Crippen molar-refractivity contribution in [1.29, 1.82) is 0 Å². The van der Waals surface area contributed by atoms with E-state index >= 15 is 0 Å². The normalized spacial score (nSPS) is 16.6. The molecule has 1 amide bonds. The predicted molar refractivity (Wildman–Crippen MR) is 110 cm³/mol. The SMILES string of the molecule is CCN(CC)C(=O)CN1CCCN(S(=O)(=O)c2ccc3oc(=O)ccc3c2)CC1. The molecule has 1 aliphatic rings. The van der Waals surface area contributed by atoms with Crippen molar-refractivity contribution < 1.29 is 17.6 Å². The minimum Gasteiger partial charge on any atom is -0.423 e. The Kier molecular flexibility index (Phi) is 6.71. The molecule has 1 aromatic carbocycles. The van der Waals surface area contributed by atoms with E-state index in [0.717, 1.165) is 0 Å². The fourth-order valence-corrected chi connectivity index (χ4v) is 5.08. The molecular formula is C20H27N3O5S. The Hall–Kier alpha value is -2.23. The van der Waals surface area contributed by atoms with Gasteiger partial charge in [0, 0.05) is 44.2 Å². The largest absolute Gasteiger partial charge is 0.423 e. The second-order valence-corrected chi connectivity index (χ2v) is 8.99. The average Bonchev–Trinajstić information content (AvgIpc) is 2.94. The smallest absolute Gasteiger partial charge is 0.336 e. The molecule has 0 spiro atoms. The first-order valence-electron chi connectivity index (χ1n) is 9.89. The van der Waals surface area contributed by atoms with Crippen molar-refractivity contribution in [3.05, 3.63) is 40.8 Å². The molecule has 0 unspecified atom stereocenters. The van der Waals surface area contributed by atoms with E-state index in [1.807, 2.05) is 18.7 Å². The zero-order valence-corrected chi connectivity index (χ0v) is 17.7. The Morgan fingerprint density at radius 1 is 1.07 bits per heavy atom. The number of rotatable bonds is 6. The van der Waals surface area contributed by atoms with E-state index in [1.54, 1.807) is 11.0 Å². The minimum atomic E-state index is -3.67. The number of nitrogens with zero attached hydrogens (tertiary/aromatic N) is 3. The maximum Gasteiger partial charge on any atom is 0.336 e. The van der Waals surface area contributed by atoms with Crippen molar-refractivity contribution in [2.24, 2.45) is 0 Å². The Morgan fingerprint density at radius 2 is 1.83 bits per heavy atom. The van der Waals surface area contributed by atoms with Crippen LogP contribution >= 0.6 is 0 Å². The molecule has 3 rings (SSSR count). The van der Waals surface area contributed by atoms with Crippen LogP contribution in [-0.4, -0.2) is 74.2 Å². The lowest BCUT2D eigenvalue weighted by molar-refractivity contribution is -0.132. The minimum absolute atomic E-state index is 0.0716. The fourth-order valence-electron chi connectivity index (χ4n) is 3.57. The topological polar surface area (TPSA) is 91.1 Å². The highest BCUT2D eigenvalue weighted by Gasteiger charge is 2.28. The molecule has 1 fully saturated rings. The summed E-state index contributed by atoms with van der Waals surface area (Å²) in [6.07, 6.45) is 0.660. The summed E-state index contributed by atoms with van der Waals surface area (Å²) < 4.78 is 32.8. The summed E-state index contributed by atoms with van der Waals surface area (Å²) in [5, 5.41) is 0.562. The van der Waals surface area contributed by atoms with Crippen molar-refractivity contribution in [3.8, 4) is 0 Å². The van der Waals surface area contributed by atoms with Gasteiger partial charge in [0.2, 0.25) is 15.9 Å². The van der Waals surface area contributed by atoms with Gasteiger partial charge in [0.25, 0.3) is 0 Å². The van der Waals surface area contributed by atoms with Crippen LogP contribution in [0.1, 0.15) is 20.3 Å². The molecule has 0 radical (unpaired) electrons. The van der Waals surface area contributed by atoms with Gasteiger partial charge in [0.1, 0.15) is 5.58 Å². The quantitative estimate of drug-likeness (QED) is 0.654. The summed E-state index contributed by atoms with van der Waals surface area (Å²) in [6.45, 7) is 7.48. The number of benzene rings is 1. The number of hydrogen-bond donors (Lipinski definition) is 0.